The van der Waals surface area contributed by atoms with E-state index in [1.807, 2.05) is 0 Å². The molecule has 2 fully saturated rings. The third-order valence-corrected chi connectivity index (χ3v) is 5.13. The van der Waals surface area contributed by atoms with Gasteiger partial charge in [-0.3, -0.25) is 14.6 Å². The third kappa shape index (κ3) is 8.09. The maximum Gasteiger partial charge on any atom is 0.221 e. The molecular weight excluding hydrogens is 445 g/mol. The molecule has 0 aromatic rings. The minimum Gasteiger partial charge on any atom is -0.370 e. The molecule has 1 aliphatic heterocycles. The third-order valence-electron chi connectivity index (χ3n) is 5.13. The summed E-state index contributed by atoms with van der Waals surface area (Å²) in [6.45, 7) is 2.28. The zero-order valence-corrected chi connectivity index (χ0v) is 18.2. The van der Waals surface area contributed by atoms with Crippen molar-refractivity contribution in [2.75, 3.05) is 26.7 Å². The predicted molar refractivity (Wildman–Crippen MR) is 115 cm³/mol. The minimum absolute atomic E-state index is 0. The van der Waals surface area contributed by atoms with Gasteiger partial charge in [0, 0.05) is 45.6 Å². The number of rotatable bonds is 6. The maximum atomic E-state index is 12.1. The largest absolute Gasteiger partial charge is 0.370 e. The number of carbonyl (C=O) groups is 2. The molecule has 0 aromatic carbocycles. The molecule has 0 bridgehead atoms. The molecule has 150 valence electrons. The van der Waals surface area contributed by atoms with Crippen molar-refractivity contribution in [3.8, 4) is 0 Å². The highest BCUT2D eigenvalue weighted by atomic mass is 127. The summed E-state index contributed by atoms with van der Waals surface area (Å²) in [5.41, 5.74) is 5.32. The molecule has 26 heavy (non-hydrogen) atoms. The number of aliphatic imine (C=N–C) groups is 1. The Hall–Kier alpha value is -1.06. The first kappa shape index (κ1) is 23.0. The fourth-order valence-corrected chi connectivity index (χ4v) is 3.88. The van der Waals surface area contributed by atoms with Crippen LogP contribution in [0.15, 0.2) is 4.99 Å². The van der Waals surface area contributed by atoms with Gasteiger partial charge in [-0.15, -0.1) is 24.0 Å². The van der Waals surface area contributed by atoms with Crippen LogP contribution < -0.4 is 16.4 Å². The summed E-state index contributed by atoms with van der Waals surface area (Å²) < 4.78 is 0. The van der Waals surface area contributed by atoms with E-state index in [2.05, 4.69) is 20.5 Å². The van der Waals surface area contributed by atoms with E-state index in [0.29, 0.717) is 31.3 Å². The van der Waals surface area contributed by atoms with Gasteiger partial charge in [0.25, 0.3) is 0 Å². The van der Waals surface area contributed by atoms with E-state index in [1.165, 1.54) is 19.3 Å². The smallest absolute Gasteiger partial charge is 0.221 e. The Morgan fingerprint density at radius 3 is 2.54 bits per heavy atom. The van der Waals surface area contributed by atoms with Gasteiger partial charge < -0.3 is 21.3 Å². The van der Waals surface area contributed by atoms with Gasteiger partial charge in [-0.1, -0.05) is 19.3 Å². The van der Waals surface area contributed by atoms with Crippen molar-refractivity contribution in [1.82, 2.24) is 15.5 Å². The molecule has 1 unspecified atom stereocenters. The summed E-state index contributed by atoms with van der Waals surface area (Å²) in [7, 11) is 1.75. The second-order valence-electron chi connectivity index (χ2n) is 7.25. The van der Waals surface area contributed by atoms with Gasteiger partial charge in [0.05, 0.1) is 0 Å². The molecule has 1 atom stereocenters. The number of hydrogen-bond acceptors (Lipinski definition) is 3. The van der Waals surface area contributed by atoms with Crippen LogP contribution in [0.5, 0.6) is 0 Å². The highest BCUT2D eigenvalue weighted by Crippen LogP contribution is 2.19. The van der Waals surface area contributed by atoms with Gasteiger partial charge in [-0.2, -0.15) is 0 Å². The van der Waals surface area contributed by atoms with E-state index < -0.39 is 0 Å². The minimum atomic E-state index is -0.241. The molecule has 8 heteroatoms. The Kier molecular flexibility index (Phi) is 10.9. The van der Waals surface area contributed by atoms with Crippen molar-refractivity contribution < 1.29 is 9.59 Å². The number of nitrogens with zero attached hydrogens (tertiary/aromatic N) is 2. The fraction of sp³-hybridized carbons (Fsp3) is 0.833. The number of halogens is 1. The van der Waals surface area contributed by atoms with Crippen LogP contribution in [-0.2, 0) is 9.59 Å². The van der Waals surface area contributed by atoms with E-state index in [9.17, 15) is 9.59 Å². The van der Waals surface area contributed by atoms with Gasteiger partial charge in [0.15, 0.2) is 5.96 Å². The SMILES string of the molecule is CN=C(NCCC(=O)NC1CCCCC1)N1CCCC(CC(N)=O)C1.I. The lowest BCUT2D eigenvalue weighted by Gasteiger charge is -2.34. The summed E-state index contributed by atoms with van der Waals surface area (Å²) in [6.07, 6.45) is 8.88. The van der Waals surface area contributed by atoms with Crippen molar-refractivity contribution >= 4 is 41.8 Å². The Balaban J connectivity index is 0.00000338. The molecule has 0 spiro atoms. The molecule has 1 saturated heterocycles. The summed E-state index contributed by atoms with van der Waals surface area (Å²) >= 11 is 0. The van der Waals surface area contributed by atoms with Crippen molar-refractivity contribution in [3.63, 3.8) is 0 Å². The lowest BCUT2D eigenvalue weighted by molar-refractivity contribution is -0.122. The van der Waals surface area contributed by atoms with E-state index in [0.717, 1.165) is 44.7 Å². The first-order valence-corrected chi connectivity index (χ1v) is 9.61. The number of nitrogens with one attached hydrogen (secondary N) is 2. The second kappa shape index (κ2) is 12.3. The zero-order chi connectivity index (χ0) is 18.1. The van der Waals surface area contributed by atoms with Crippen LogP contribution in [0.2, 0.25) is 0 Å². The Labute approximate surface area is 173 Å². The molecular formula is C18H34IN5O2. The van der Waals surface area contributed by atoms with E-state index in [1.54, 1.807) is 7.05 Å². The van der Waals surface area contributed by atoms with E-state index >= 15 is 0 Å². The lowest BCUT2D eigenvalue weighted by Crippen LogP contribution is -2.48. The van der Waals surface area contributed by atoms with Gasteiger partial charge in [0.1, 0.15) is 0 Å². The zero-order valence-electron chi connectivity index (χ0n) is 15.8. The van der Waals surface area contributed by atoms with Crippen LogP contribution >= 0.6 is 24.0 Å². The number of guanidine groups is 1. The molecule has 1 saturated carbocycles. The van der Waals surface area contributed by atoms with Crippen molar-refractivity contribution in [2.24, 2.45) is 16.6 Å². The first-order chi connectivity index (χ1) is 12.1. The average molecular weight is 479 g/mol. The fourth-order valence-electron chi connectivity index (χ4n) is 3.88. The number of carbonyl (C=O) groups excluding carboxylic acids is 2. The molecule has 2 amide bonds. The highest BCUT2D eigenvalue weighted by Gasteiger charge is 2.23. The standard InChI is InChI=1S/C18H33N5O2.HI/c1-20-18(23-11-5-6-14(13-23)12-16(19)24)21-10-9-17(25)22-15-7-3-2-4-8-15;/h14-15H,2-13H2,1H3,(H2,19,24)(H,20,21)(H,22,25);1H. The molecule has 0 aromatic heterocycles. The van der Waals surface area contributed by atoms with Gasteiger partial charge in [-0.05, 0) is 31.6 Å². The quantitative estimate of drug-likeness (QED) is 0.306. The lowest BCUT2D eigenvalue weighted by atomic mass is 9.95. The molecule has 7 nitrogen and oxygen atoms in total. The van der Waals surface area contributed by atoms with E-state index in [-0.39, 0.29) is 35.8 Å². The number of hydrogen-bond donors (Lipinski definition) is 3. The van der Waals surface area contributed by atoms with Crippen LogP contribution in [0, 0.1) is 5.92 Å². The first-order valence-electron chi connectivity index (χ1n) is 9.61. The predicted octanol–water partition coefficient (Wildman–Crippen LogP) is 1.61. The number of likely N-dealkylation sites (tertiary alicyclic amines) is 1. The van der Waals surface area contributed by atoms with Gasteiger partial charge >= 0.3 is 0 Å². The maximum absolute atomic E-state index is 12.1. The Morgan fingerprint density at radius 2 is 1.88 bits per heavy atom. The Bertz CT molecular complexity index is 480. The molecule has 1 heterocycles. The number of amides is 2. The van der Waals surface area contributed by atoms with Crippen LogP contribution in [0.1, 0.15) is 57.8 Å². The Morgan fingerprint density at radius 1 is 1.15 bits per heavy atom. The number of piperidine rings is 1. The van der Waals surface area contributed by atoms with E-state index in [4.69, 9.17) is 5.73 Å². The summed E-state index contributed by atoms with van der Waals surface area (Å²) in [4.78, 5) is 29.7. The van der Waals surface area contributed by atoms with Gasteiger partial charge in [0.2, 0.25) is 11.8 Å². The van der Waals surface area contributed by atoms with Crippen molar-refractivity contribution in [2.45, 2.75) is 63.8 Å². The van der Waals surface area contributed by atoms with Crippen LogP contribution in [0.3, 0.4) is 0 Å². The second-order valence-corrected chi connectivity index (χ2v) is 7.25. The number of primary amides is 1. The number of nitrogens with two attached hydrogens (primary N) is 1. The van der Waals surface area contributed by atoms with Crippen LogP contribution in [0.25, 0.3) is 0 Å². The molecule has 4 N–H and O–H groups in total. The molecule has 2 rings (SSSR count). The summed E-state index contributed by atoms with van der Waals surface area (Å²) in [6, 6.07) is 0.359. The summed E-state index contributed by atoms with van der Waals surface area (Å²) in [5.74, 6) is 0.966. The van der Waals surface area contributed by atoms with Gasteiger partial charge in [-0.25, -0.2) is 0 Å². The van der Waals surface area contributed by atoms with Crippen molar-refractivity contribution in [1.29, 1.82) is 0 Å². The summed E-state index contributed by atoms with van der Waals surface area (Å²) in [5, 5.41) is 6.42. The van der Waals surface area contributed by atoms with Crippen LogP contribution in [-0.4, -0.2) is 55.4 Å². The topological polar surface area (TPSA) is 99.8 Å². The average Bonchev–Trinajstić information content (AvgIpc) is 2.59. The van der Waals surface area contributed by atoms with Crippen LogP contribution in [0.4, 0.5) is 0 Å². The molecule has 2 aliphatic rings. The highest BCUT2D eigenvalue weighted by molar-refractivity contribution is 14.0. The molecule has 0 radical (unpaired) electrons. The monoisotopic (exact) mass is 479 g/mol. The van der Waals surface area contributed by atoms with Crippen molar-refractivity contribution in [3.05, 3.63) is 0 Å². The molecule has 1 aliphatic carbocycles. The normalized spacial score (nSPS) is 21.7.